The van der Waals surface area contributed by atoms with E-state index in [0.29, 0.717) is 0 Å². The first kappa shape index (κ1) is 47.2. The van der Waals surface area contributed by atoms with E-state index in [1.54, 1.807) is 0 Å². The normalized spacial score (nSPS) is 29.1. The minimum absolute atomic E-state index is 0.148. The summed E-state index contributed by atoms with van der Waals surface area (Å²) in [6.07, 6.45) is 22.7. The van der Waals surface area contributed by atoms with E-state index in [1.165, 1.54) is 33.4 Å². The first-order valence-corrected chi connectivity index (χ1v) is 21.9. The molecule has 0 amide bonds. The molecule has 6 unspecified atom stereocenters. The molecule has 0 saturated heterocycles. The molecular formula is C54H84O3. The summed E-state index contributed by atoms with van der Waals surface area (Å²) >= 11 is 0. The van der Waals surface area contributed by atoms with Crippen molar-refractivity contribution >= 4 is 0 Å². The van der Waals surface area contributed by atoms with Crippen LogP contribution >= 0.6 is 0 Å². The molecule has 318 valence electrons. The fraction of sp³-hybridized carbons (Fsp3) is 0.667. The second-order valence-corrected chi connectivity index (χ2v) is 24.5. The van der Waals surface area contributed by atoms with Gasteiger partial charge in [0.2, 0.25) is 0 Å². The molecule has 3 nitrogen and oxygen atoms in total. The quantitative estimate of drug-likeness (QED) is 0.252. The third-order valence-electron chi connectivity index (χ3n) is 14.0. The number of hydrogen-bond acceptors (Lipinski definition) is 3. The first-order valence-electron chi connectivity index (χ1n) is 21.9. The van der Waals surface area contributed by atoms with E-state index in [2.05, 4.69) is 200 Å². The lowest BCUT2D eigenvalue weighted by Crippen LogP contribution is -2.48. The van der Waals surface area contributed by atoms with Crippen molar-refractivity contribution in [2.45, 2.75) is 181 Å². The number of allylic oxidation sites excluding steroid dienone is 6. The zero-order chi connectivity index (χ0) is 43.9. The Morgan fingerprint density at radius 3 is 0.737 bits per heavy atom. The molecule has 0 saturated carbocycles. The van der Waals surface area contributed by atoms with Crippen molar-refractivity contribution < 1.29 is 15.3 Å². The summed E-state index contributed by atoms with van der Waals surface area (Å²) in [6.45, 7) is 46.2. The van der Waals surface area contributed by atoms with Gasteiger partial charge in [-0.05, 0) is 140 Å². The second kappa shape index (κ2) is 14.9. The van der Waals surface area contributed by atoms with Gasteiger partial charge in [-0.25, -0.2) is 0 Å². The molecule has 0 spiro atoms. The van der Waals surface area contributed by atoms with Gasteiger partial charge in [-0.15, -0.1) is 0 Å². The maximum atomic E-state index is 12.2. The van der Waals surface area contributed by atoms with E-state index in [4.69, 9.17) is 0 Å². The number of rotatable bonds is 6. The van der Waals surface area contributed by atoms with Crippen molar-refractivity contribution in [2.24, 2.45) is 50.2 Å². The Morgan fingerprint density at radius 1 is 0.386 bits per heavy atom. The minimum atomic E-state index is -1.02. The molecule has 57 heavy (non-hydrogen) atoms. The zero-order valence-electron chi connectivity index (χ0n) is 40.4. The van der Waals surface area contributed by atoms with Crippen LogP contribution in [0.5, 0.6) is 0 Å². The van der Waals surface area contributed by atoms with Gasteiger partial charge in [0.15, 0.2) is 0 Å². The summed E-state index contributed by atoms with van der Waals surface area (Å²) in [5.41, 5.74) is 6.83. The lowest BCUT2D eigenvalue weighted by atomic mass is 9.61. The standard InChI is InChI=1S/C54H84O3/c1-34-40(28-37-22-25-52(55,49(13,14)15)43(31-37)46(4,5)6)35(2)42(30-39-24-27-54(57,51(19,20)21)45(33-39)48(10,11)12)36(3)41(34)29-38-23-26-53(56,50(16,17)18)44(32-38)47(7,8)9/h22-27,31-33,37-39,55-57H,28-30H2,1-21H3. The monoisotopic (exact) mass is 781 g/mol. The Hall–Kier alpha value is -2.46. The van der Waals surface area contributed by atoms with Crippen LogP contribution in [0.1, 0.15) is 158 Å². The van der Waals surface area contributed by atoms with Gasteiger partial charge in [0.1, 0.15) is 16.8 Å². The molecule has 0 bridgehead atoms. The van der Waals surface area contributed by atoms with Gasteiger partial charge in [0.25, 0.3) is 0 Å². The molecule has 3 N–H and O–H groups in total. The predicted molar refractivity (Wildman–Crippen MR) is 245 cm³/mol. The van der Waals surface area contributed by atoms with Gasteiger partial charge < -0.3 is 15.3 Å². The molecule has 3 aliphatic rings. The van der Waals surface area contributed by atoms with Crippen LogP contribution in [0.3, 0.4) is 0 Å². The lowest BCUT2D eigenvalue weighted by molar-refractivity contribution is 0.00251. The number of aliphatic hydroxyl groups is 3. The summed E-state index contributed by atoms with van der Waals surface area (Å²) in [5.74, 6) is 0.445. The molecule has 1 aromatic rings. The third-order valence-corrected chi connectivity index (χ3v) is 14.0. The highest BCUT2D eigenvalue weighted by Crippen LogP contribution is 2.51. The molecule has 3 aliphatic carbocycles. The van der Waals surface area contributed by atoms with Crippen molar-refractivity contribution in [1.29, 1.82) is 0 Å². The molecule has 0 aromatic heterocycles. The maximum Gasteiger partial charge on any atom is 0.109 e. The topological polar surface area (TPSA) is 60.7 Å². The minimum Gasteiger partial charge on any atom is -0.381 e. The van der Waals surface area contributed by atoms with Gasteiger partial charge in [0.05, 0.1) is 0 Å². The Labute approximate surface area is 350 Å². The van der Waals surface area contributed by atoms with Crippen molar-refractivity contribution in [3.8, 4) is 0 Å². The first-order chi connectivity index (χ1) is 25.4. The summed E-state index contributed by atoms with van der Waals surface area (Å²) in [5, 5.41) is 36.6. The zero-order valence-corrected chi connectivity index (χ0v) is 40.4. The third kappa shape index (κ3) is 8.88. The van der Waals surface area contributed by atoms with E-state index < -0.39 is 16.8 Å². The second-order valence-electron chi connectivity index (χ2n) is 24.5. The van der Waals surface area contributed by atoms with E-state index >= 15 is 0 Å². The summed E-state index contributed by atoms with van der Waals surface area (Å²) in [6, 6.07) is 0. The largest absolute Gasteiger partial charge is 0.381 e. The average molecular weight is 781 g/mol. The molecule has 6 atom stereocenters. The molecule has 0 heterocycles. The van der Waals surface area contributed by atoms with Crippen LogP contribution in [0, 0.1) is 71.0 Å². The average Bonchev–Trinajstić information content (AvgIpc) is 3.02. The highest BCUT2D eigenvalue weighted by atomic mass is 16.3. The SMILES string of the molecule is Cc1c(CC2C=CC(O)(C(C)(C)C)C(C(C)(C)C)=C2)c(C)c(CC2C=CC(O)(C(C)(C)C)C(C(C)(C)C)=C2)c(C)c1CC1C=CC(O)(C(C)(C)C)C(C(C)(C)C)=C1. The van der Waals surface area contributed by atoms with Crippen LogP contribution in [0.4, 0.5) is 0 Å². The molecular weight excluding hydrogens is 697 g/mol. The Balaban J connectivity index is 1.93. The van der Waals surface area contributed by atoms with E-state index in [-0.39, 0.29) is 50.2 Å². The Bertz CT molecular complexity index is 1640. The molecule has 1 aromatic carbocycles. The van der Waals surface area contributed by atoms with Gasteiger partial charge in [0, 0.05) is 0 Å². The fourth-order valence-corrected chi connectivity index (χ4v) is 10.1. The van der Waals surface area contributed by atoms with Gasteiger partial charge >= 0.3 is 0 Å². The van der Waals surface area contributed by atoms with Crippen molar-refractivity contribution in [2.75, 3.05) is 0 Å². The number of hydrogen-bond donors (Lipinski definition) is 3. The van der Waals surface area contributed by atoms with Crippen LogP contribution in [0.25, 0.3) is 0 Å². The van der Waals surface area contributed by atoms with Gasteiger partial charge in [-0.2, -0.15) is 0 Å². The molecule has 0 aliphatic heterocycles. The Kier molecular flexibility index (Phi) is 12.4. The highest BCUT2D eigenvalue weighted by molar-refractivity contribution is 5.54. The van der Waals surface area contributed by atoms with Crippen molar-refractivity contribution in [1.82, 2.24) is 0 Å². The van der Waals surface area contributed by atoms with Crippen LogP contribution < -0.4 is 0 Å². The van der Waals surface area contributed by atoms with E-state index in [9.17, 15) is 15.3 Å². The molecule has 0 fully saturated rings. The van der Waals surface area contributed by atoms with Crippen LogP contribution in [-0.2, 0) is 19.3 Å². The van der Waals surface area contributed by atoms with E-state index in [0.717, 1.165) is 36.0 Å². The fourth-order valence-electron chi connectivity index (χ4n) is 10.1. The van der Waals surface area contributed by atoms with Crippen LogP contribution in [-0.4, -0.2) is 32.1 Å². The van der Waals surface area contributed by atoms with Gasteiger partial charge in [-0.3, -0.25) is 0 Å². The Morgan fingerprint density at radius 2 is 0.579 bits per heavy atom. The summed E-state index contributed by atoms with van der Waals surface area (Å²) in [4.78, 5) is 0. The van der Waals surface area contributed by atoms with Crippen LogP contribution in [0.2, 0.25) is 0 Å². The lowest BCUT2D eigenvalue weighted by Gasteiger charge is -2.47. The summed E-state index contributed by atoms with van der Waals surface area (Å²) in [7, 11) is 0. The maximum absolute atomic E-state index is 12.2. The highest BCUT2D eigenvalue weighted by Gasteiger charge is 2.49. The molecule has 3 heteroatoms. The van der Waals surface area contributed by atoms with E-state index in [1.807, 2.05) is 0 Å². The summed E-state index contributed by atoms with van der Waals surface area (Å²) < 4.78 is 0. The predicted octanol–water partition coefficient (Wildman–Crippen LogP) is 13.0. The molecule has 4 rings (SSSR count). The van der Waals surface area contributed by atoms with Crippen molar-refractivity contribution in [3.05, 3.63) is 105 Å². The van der Waals surface area contributed by atoms with Crippen LogP contribution in [0.15, 0.2) is 71.4 Å². The number of benzene rings is 1. The molecule has 0 radical (unpaired) electrons. The smallest absolute Gasteiger partial charge is 0.109 e. The van der Waals surface area contributed by atoms with Crippen molar-refractivity contribution in [3.63, 3.8) is 0 Å². The van der Waals surface area contributed by atoms with Gasteiger partial charge in [-0.1, -0.05) is 179 Å².